The molecule has 166 valence electrons. The molecule has 3 aromatic carbocycles. The van der Waals surface area contributed by atoms with E-state index in [9.17, 15) is 19.1 Å². The lowest BCUT2D eigenvalue weighted by molar-refractivity contribution is -0.132. The van der Waals surface area contributed by atoms with Crippen molar-refractivity contribution in [1.82, 2.24) is 0 Å². The summed E-state index contributed by atoms with van der Waals surface area (Å²) >= 11 is 6.00. The summed E-state index contributed by atoms with van der Waals surface area (Å²) in [5.41, 5.74) is 2.19. The molecule has 2 aliphatic rings. The van der Waals surface area contributed by atoms with Crippen LogP contribution in [0.5, 0.6) is 5.75 Å². The maximum absolute atomic E-state index is 13.6. The molecule has 1 saturated heterocycles. The van der Waals surface area contributed by atoms with Gasteiger partial charge in [0.25, 0.3) is 11.7 Å². The Hall–Kier alpha value is -3.64. The summed E-state index contributed by atoms with van der Waals surface area (Å²) in [5.74, 6) is -1.61. The molecule has 2 aliphatic heterocycles. The molecule has 5 rings (SSSR count). The maximum atomic E-state index is 13.6. The Balaban J connectivity index is 1.68. The first-order valence-corrected chi connectivity index (χ1v) is 10.8. The van der Waals surface area contributed by atoms with Gasteiger partial charge in [-0.25, -0.2) is 4.39 Å². The molecule has 2 atom stereocenters. The summed E-state index contributed by atoms with van der Waals surface area (Å²) < 4.78 is 19.4. The molecule has 0 radical (unpaired) electrons. The number of aliphatic hydroxyl groups is 1. The van der Waals surface area contributed by atoms with Crippen LogP contribution < -0.4 is 9.64 Å². The number of benzene rings is 3. The van der Waals surface area contributed by atoms with Gasteiger partial charge in [-0.3, -0.25) is 14.5 Å². The van der Waals surface area contributed by atoms with Gasteiger partial charge in [0.15, 0.2) is 0 Å². The molecule has 2 heterocycles. The van der Waals surface area contributed by atoms with Crippen LogP contribution in [0.3, 0.4) is 0 Å². The predicted octanol–water partition coefficient (Wildman–Crippen LogP) is 5.43. The number of Topliss-reactive ketones (excluding diaryl/α,β-unsaturated/α-hetero) is 1. The summed E-state index contributed by atoms with van der Waals surface area (Å²) in [5, 5.41) is 11.7. The van der Waals surface area contributed by atoms with E-state index in [0.717, 1.165) is 11.3 Å². The van der Waals surface area contributed by atoms with Crippen LogP contribution in [-0.4, -0.2) is 22.9 Å². The second kappa shape index (κ2) is 8.05. The summed E-state index contributed by atoms with van der Waals surface area (Å²) in [6.07, 6.45) is 0.698. The van der Waals surface area contributed by atoms with Crippen LogP contribution >= 0.6 is 11.6 Å². The number of aliphatic hydroxyl groups excluding tert-OH is 1. The zero-order valence-electron chi connectivity index (χ0n) is 17.6. The Bertz CT molecular complexity index is 1300. The molecule has 1 N–H and O–H groups in total. The molecule has 0 spiro atoms. The molecule has 1 fully saturated rings. The molecular weight excluding hydrogens is 445 g/mol. The third kappa shape index (κ3) is 3.66. The van der Waals surface area contributed by atoms with E-state index in [1.807, 2.05) is 6.92 Å². The Kier molecular flexibility index (Phi) is 5.17. The fourth-order valence-electron chi connectivity index (χ4n) is 4.39. The molecule has 1 amide bonds. The number of rotatable bonds is 3. The summed E-state index contributed by atoms with van der Waals surface area (Å²) in [4.78, 5) is 27.6. The quantitative estimate of drug-likeness (QED) is 0.319. The molecule has 3 aromatic rings. The minimum Gasteiger partial charge on any atom is -0.507 e. The van der Waals surface area contributed by atoms with E-state index < -0.39 is 23.5 Å². The fraction of sp³-hybridized carbons (Fsp3) is 0.154. The van der Waals surface area contributed by atoms with E-state index >= 15 is 0 Å². The van der Waals surface area contributed by atoms with Crippen LogP contribution in [-0.2, 0) is 16.0 Å². The first kappa shape index (κ1) is 21.2. The molecule has 0 bridgehead atoms. The molecule has 7 heteroatoms. The van der Waals surface area contributed by atoms with Gasteiger partial charge in [-0.15, -0.1) is 0 Å². The zero-order valence-corrected chi connectivity index (χ0v) is 18.3. The number of fused-ring (bicyclic) bond motifs is 1. The first-order chi connectivity index (χ1) is 15.8. The maximum Gasteiger partial charge on any atom is 0.300 e. The van der Waals surface area contributed by atoms with Crippen molar-refractivity contribution in [2.45, 2.75) is 25.5 Å². The van der Waals surface area contributed by atoms with E-state index in [-0.39, 0.29) is 17.4 Å². The van der Waals surface area contributed by atoms with E-state index in [4.69, 9.17) is 16.3 Å². The number of hydrogen-bond acceptors (Lipinski definition) is 4. The summed E-state index contributed by atoms with van der Waals surface area (Å²) in [7, 11) is 0. The molecule has 0 aliphatic carbocycles. The van der Waals surface area contributed by atoms with Gasteiger partial charge in [-0.05, 0) is 72.6 Å². The van der Waals surface area contributed by atoms with Crippen molar-refractivity contribution in [2.75, 3.05) is 4.90 Å². The number of carbonyl (C=O) groups is 2. The minimum atomic E-state index is -0.935. The van der Waals surface area contributed by atoms with Gasteiger partial charge in [-0.2, -0.15) is 0 Å². The Morgan fingerprint density at radius 2 is 1.76 bits per heavy atom. The topological polar surface area (TPSA) is 66.8 Å². The number of ether oxygens (including phenoxy) is 1. The monoisotopic (exact) mass is 463 g/mol. The third-order valence-corrected chi connectivity index (χ3v) is 6.16. The number of ketones is 1. The molecule has 0 aromatic heterocycles. The lowest BCUT2D eigenvalue weighted by Gasteiger charge is -2.25. The smallest absolute Gasteiger partial charge is 0.300 e. The largest absolute Gasteiger partial charge is 0.507 e. The minimum absolute atomic E-state index is 0.0205. The standard InChI is InChI=1S/C26H19ClFNO4/c1-14-12-17-13-16(4-11-21(17)33-14)24(30)22-23(15-2-7-19(28)8-3-15)29(26(32)25(22)31)20-9-5-18(27)6-10-20/h2-11,13-14,23,30H,12H2,1H3/b24-22-. The van der Waals surface area contributed by atoms with Crippen LogP contribution in [0.1, 0.15) is 29.7 Å². The van der Waals surface area contributed by atoms with Crippen molar-refractivity contribution >= 4 is 34.7 Å². The number of nitrogens with zero attached hydrogens (tertiary/aromatic N) is 1. The highest BCUT2D eigenvalue weighted by Gasteiger charge is 2.47. The van der Waals surface area contributed by atoms with Gasteiger partial charge in [0.05, 0.1) is 11.6 Å². The molecular formula is C26H19ClFNO4. The second-order valence-electron chi connectivity index (χ2n) is 8.15. The average molecular weight is 464 g/mol. The van der Waals surface area contributed by atoms with Crippen molar-refractivity contribution in [1.29, 1.82) is 0 Å². The molecule has 33 heavy (non-hydrogen) atoms. The second-order valence-corrected chi connectivity index (χ2v) is 8.59. The Morgan fingerprint density at radius 1 is 1.06 bits per heavy atom. The number of anilines is 1. The van der Waals surface area contributed by atoms with Crippen molar-refractivity contribution in [2.24, 2.45) is 0 Å². The van der Waals surface area contributed by atoms with E-state index in [2.05, 4.69) is 0 Å². The van der Waals surface area contributed by atoms with Gasteiger partial charge in [0.2, 0.25) is 0 Å². The number of hydrogen-bond donors (Lipinski definition) is 1. The van der Waals surface area contributed by atoms with Crippen molar-refractivity contribution < 1.29 is 23.8 Å². The number of halogens is 2. The lowest BCUT2D eigenvalue weighted by Crippen LogP contribution is -2.29. The van der Waals surface area contributed by atoms with E-state index in [1.165, 1.54) is 29.2 Å². The van der Waals surface area contributed by atoms with Crippen molar-refractivity contribution in [3.05, 3.63) is 99.8 Å². The van der Waals surface area contributed by atoms with Crippen LogP contribution in [0.25, 0.3) is 5.76 Å². The lowest BCUT2D eigenvalue weighted by atomic mass is 9.94. The normalized spacial score (nSPS) is 21.2. The highest BCUT2D eigenvalue weighted by molar-refractivity contribution is 6.51. The SMILES string of the molecule is CC1Cc2cc(/C(O)=C3/C(=O)C(=O)N(c4ccc(Cl)cc4)C3c3ccc(F)cc3)ccc2O1. The van der Waals surface area contributed by atoms with Crippen LogP contribution in [0.4, 0.5) is 10.1 Å². The summed E-state index contributed by atoms with van der Waals surface area (Å²) in [6, 6.07) is 16.2. The van der Waals surface area contributed by atoms with Crippen LogP contribution in [0.15, 0.2) is 72.3 Å². The zero-order chi connectivity index (χ0) is 23.3. The van der Waals surface area contributed by atoms with Crippen LogP contribution in [0, 0.1) is 5.82 Å². The molecule has 0 saturated carbocycles. The third-order valence-electron chi connectivity index (χ3n) is 5.90. The van der Waals surface area contributed by atoms with Crippen molar-refractivity contribution in [3.63, 3.8) is 0 Å². The van der Waals surface area contributed by atoms with Crippen LogP contribution in [0.2, 0.25) is 5.02 Å². The Labute approximate surface area is 194 Å². The molecule has 5 nitrogen and oxygen atoms in total. The fourth-order valence-corrected chi connectivity index (χ4v) is 4.51. The van der Waals surface area contributed by atoms with Gasteiger partial charge in [-0.1, -0.05) is 23.7 Å². The summed E-state index contributed by atoms with van der Waals surface area (Å²) in [6.45, 7) is 1.95. The average Bonchev–Trinajstić information content (AvgIpc) is 3.30. The highest BCUT2D eigenvalue weighted by Crippen LogP contribution is 2.43. The van der Waals surface area contributed by atoms with Gasteiger partial charge >= 0.3 is 0 Å². The first-order valence-electron chi connectivity index (χ1n) is 10.5. The van der Waals surface area contributed by atoms with Gasteiger partial charge < -0.3 is 9.84 Å². The van der Waals surface area contributed by atoms with Crippen molar-refractivity contribution in [3.8, 4) is 5.75 Å². The number of carbonyl (C=O) groups excluding carboxylic acids is 2. The predicted molar refractivity (Wildman–Crippen MR) is 123 cm³/mol. The van der Waals surface area contributed by atoms with E-state index in [1.54, 1.807) is 42.5 Å². The Morgan fingerprint density at radius 3 is 2.45 bits per heavy atom. The van der Waals surface area contributed by atoms with Gasteiger partial charge in [0.1, 0.15) is 23.4 Å². The van der Waals surface area contributed by atoms with Gasteiger partial charge in [0, 0.05) is 22.7 Å². The highest BCUT2D eigenvalue weighted by atomic mass is 35.5. The van der Waals surface area contributed by atoms with E-state index in [0.29, 0.717) is 28.3 Å². The number of amides is 1. The molecule has 2 unspecified atom stereocenters.